The van der Waals surface area contributed by atoms with Gasteiger partial charge in [-0.2, -0.15) is 0 Å². The summed E-state index contributed by atoms with van der Waals surface area (Å²) in [4.78, 5) is 0. The number of fused-ring (bicyclic) bond motifs is 1. The Morgan fingerprint density at radius 1 is 1.00 bits per heavy atom. The third-order valence-electron chi connectivity index (χ3n) is 3.54. The molecule has 21 heavy (non-hydrogen) atoms. The maximum atomic E-state index is 13.2. The van der Waals surface area contributed by atoms with E-state index in [4.69, 9.17) is 4.42 Å². The monoisotopic (exact) mass is 287 g/mol. The van der Waals surface area contributed by atoms with Crippen molar-refractivity contribution in [2.45, 2.75) is 12.5 Å². The molecule has 0 bridgehead atoms. The summed E-state index contributed by atoms with van der Waals surface area (Å²) in [5, 5.41) is 3.92. The molecule has 0 aliphatic heterocycles. The fourth-order valence-electron chi connectivity index (χ4n) is 2.41. The molecule has 1 heterocycles. The van der Waals surface area contributed by atoms with Crippen LogP contribution in [0.4, 0.5) is 8.78 Å². The van der Waals surface area contributed by atoms with Gasteiger partial charge >= 0.3 is 0 Å². The maximum absolute atomic E-state index is 13.2. The van der Waals surface area contributed by atoms with Crippen LogP contribution in [-0.4, -0.2) is 7.05 Å². The lowest BCUT2D eigenvalue weighted by atomic mass is 10.0. The lowest BCUT2D eigenvalue weighted by Gasteiger charge is -2.13. The van der Waals surface area contributed by atoms with E-state index < -0.39 is 0 Å². The standard InChI is InChI=1S/C17H15F2NO/c1-20-15(8-11-2-4-13(18)5-3-11)17-10-12-9-14(19)6-7-16(12)21-17/h2-7,9-10,15,20H,8H2,1H3. The van der Waals surface area contributed by atoms with Crippen molar-refractivity contribution in [3.8, 4) is 0 Å². The van der Waals surface area contributed by atoms with Crippen molar-refractivity contribution in [1.29, 1.82) is 0 Å². The van der Waals surface area contributed by atoms with Crippen LogP contribution in [0.5, 0.6) is 0 Å². The zero-order valence-electron chi connectivity index (χ0n) is 11.6. The quantitative estimate of drug-likeness (QED) is 0.777. The average molecular weight is 287 g/mol. The molecule has 2 nitrogen and oxygen atoms in total. The van der Waals surface area contributed by atoms with Crippen LogP contribution in [0.1, 0.15) is 17.4 Å². The van der Waals surface area contributed by atoms with E-state index in [9.17, 15) is 8.78 Å². The van der Waals surface area contributed by atoms with E-state index in [1.54, 1.807) is 18.2 Å². The van der Waals surface area contributed by atoms with Crippen molar-refractivity contribution in [3.05, 3.63) is 71.5 Å². The Hall–Kier alpha value is -2.20. The van der Waals surface area contributed by atoms with Gasteiger partial charge in [0, 0.05) is 5.39 Å². The van der Waals surface area contributed by atoms with Gasteiger partial charge in [0.2, 0.25) is 0 Å². The van der Waals surface area contributed by atoms with Crippen LogP contribution in [0.2, 0.25) is 0 Å². The summed E-state index contributed by atoms with van der Waals surface area (Å²) in [6, 6.07) is 12.6. The molecule has 0 aliphatic rings. The van der Waals surface area contributed by atoms with Crippen LogP contribution < -0.4 is 5.32 Å². The van der Waals surface area contributed by atoms with E-state index in [1.165, 1.54) is 24.3 Å². The SMILES string of the molecule is CNC(Cc1ccc(F)cc1)c1cc2cc(F)ccc2o1. The normalized spacial score (nSPS) is 12.7. The van der Waals surface area contributed by atoms with Crippen LogP contribution in [0, 0.1) is 11.6 Å². The molecule has 0 saturated carbocycles. The highest BCUT2D eigenvalue weighted by atomic mass is 19.1. The molecule has 4 heteroatoms. The Balaban J connectivity index is 1.88. The number of hydrogen-bond acceptors (Lipinski definition) is 2. The lowest BCUT2D eigenvalue weighted by Crippen LogP contribution is -2.18. The predicted octanol–water partition coefficient (Wildman–Crippen LogP) is 4.21. The van der Waals surface area contributed by atoms with Crippen molar-refractivity contribution < 1.29 is 13.2 Å². The predicted molar refractivity (Wildman–Crippen MR) is 78.1 cm³/mol. The van der Waals surface area contributed by atoms with Crippen LogP contribution >= 0.6 is 0 Å². The number of halogens is 2. The van der Waals surface area contributed by atoms with E-state index in [0.717, 1.165) is 16.7 Å². The molecule has 108 valence electrons. The zero-order chi connectivity index (χ0) is 14.8. The number of hydrogen-bond donors (Lipinski definition) is 1. The molecule has 1 N–H and O–H groups in total. The second-order valence-electron chi connectivity index (χ2n) is 5.00. The summed E-state index contributed by atoms with van der Waals surface area (Å²) in [5.41, 5.74) is 1.66. The minimum absolute atomic E-state index is 0.0501. The van der Waals surface area contributed by atoms with Crippen molar-refractivity contribution in [3.63, 3.8) is 0 Å². The highest BCUT2D eigenvalue weighted by Gasteiger charge is 2.15. The summed E-state index contributed by atoms with van der Waals surface area (Å²) < 4.78 is 31.9. The Morgan fingerprint density at radius 3 is 2.43 bits per heavy atom. The Morgan fingerprint density at radius 2 is 1.71 bits per heavy atom. The van der Waals surface area contributed by atoms with Gasteiger partial charge in [0.15, 0.2) is 0 Å². The fraction of sp³-hybridized carbons (Fsp3) is 0.176. The van der Waals surface area contributed by atoms with Gasteiger partial charge in [-0.25, -0.2) is 8.78 Å². The molecule has 3 aromatic rings. The van der Waals surface area contributed by atoms with Crippen molar-refractivity contribution in [2.24, 2.45) is 0 Å². The number of benzene rings is 2. The number of likely N-dealkylation sites (N-methyl/N-ethyl adjacent to an activating group) is 1. The minimum Gasteiger partial charge on any atom is -0.459 e. The van der Waals surface area contributed by atoms with Crippen molar-refractivity contribution in [1.82, 2.24) is 5.32 Å². The highest BCUT2D eigenvalue weighted by Crippen LogP contribution is 2.26. The number of furan rings is 1. The molecule has 3 rings (SSSR count). The molecule has 1 atom stereocenters. The molecular weight excluding hydrogens is 272 g/mol. The van der Waals surface area contributed by atoms with Gasteiger partial charge in [-0.1, -0.05) is 12.1 Å². The summed E-state index contributed by atoms with van der Waals surface area (Å²) in [6.07, 6.45) is 0.666. The topological polar surface area (TPSA) is 25.2 Å². The van der Waals surface area contributed by atoms with Crippen LogP contribution in [-0.2, 0) is 6.42 Å². The van der Waals surface area contributed by atoms with Gasteiger partial charge in [-0.05, 0) is 55.4 Å². The first kappa shape index (κ1) is 13.8. The smallest absolute Gasteiger partial charge is 0.134 e. The lowest BCUT2D eigenvalue weighted by molar-refractivity contribution is 0.450. The zero-order valence-corrected chi connectivity index (χ0v) is 11.6. The van der Waals surface area contributed by atoms with Crippen LogP contribution in [0.3, 0.4) is 0 Å². The molecule has 0 radical (unpaired) electrons. The molecule has 2 aromatic carbocycles. The molecule has 0 aliphatic carbocycles. The van der Waals surface area contributed by atoms with E-state index in [2.05, 4.69) is 5.32 Å². The second kappa shape index (κ2) is 5.66. The molecular formula is C17H15F2NO. The Kier molecular flexibility index (Phi) is 3.71. The molecule has 0 saturated heterocycles. The molecule has 1 aromatic heterocycles. The number of nitrogens with one attached hydrogen (secondary N) is 1. The highest BCUT2D eigenvalue weighted by molar-refractivity contribution is 5.78. The summed E-state index contributed by atoms with van der Waals surface area (Å²) in [7, 11) is 1.84. The molecule has 0 amide bonds. The second-order valence-corrected chi connectivity index (χ2v) is 5.00. The van der Waals surface area contributed by atoms with Crippen molar-refractivity contribution >= 4 is 11.0 Å². The van der Waals surface area contributed by atoms with E-state index in [1.807, 2.05) is 13.1 Å². The van der Waals surface area contributed by atoms with Gasteiger partial charge in [0.05, 0.1) is 6.04 Å². The van der Waals surface area contributed by atoms with Crippen molar-refractivity contribution in [2.75, 3.05) is 7.05 Å². The third-order valence-corrected chi connectivity index (χ3v) is 3.54. The van der Waals surface area contributed by atoms with Gasteiger partial charge in [-0.15, -0.1) is 0 Å². The summed E-state index contributed by atoms with van der Waals surface area (Å²) in [6.45, 7) is 0. The maximum Gasteiger partial charge on any atom is 0.134 e. The average Bonchev–Trinajstić information content (AvgIpc) is 2.89. The fourth-order valence-corrected chi connectivity index (χ4v) is 2.41. The van der Waals surface area contributed by atoms with E-state index >= 15 is 0 Å². The van der Waals surface area contributed by atoms with Gasteiger partial charge < -0.3 is 9.73 Å². The molecule has 0 fully saturated rings. The van der Waals surface area contributed by atoms with Gasteiger partial charge in [-0.3, -0.25) is 0 Å². The minimum atomic E-state index is -0.283. The van der Waals surface area contributed by atoms with Gasteiger partial charge in [0.25, 0.3) is 0 Å². The first-order chi connectivity index (χ1) is 10.2. The largest absolute Gasteiger partial charge is 0.459 e. The first-order valence-corrected chi connectivity index (χ1v) is 6.76. The Bertz CT molecular complexity index is 749. The Labute approximate surface area is 121 Å². The van der Waals surface area contributed by atoms with Crippen LogP contribution in [0.15, 0.2) is 52.9 Å². The third kappa shape index (κ3) is 2.95. The van der Waals surface area contributed by atoms with E-state index in [0.29, 0.717) is 12.0 Å². The first-order valence-electron chi connectivity index (χ1n) is 6.76. The summed E-state index contributed by atoms with van der Waals surface area (Å²) in [5.74, 6) is 0.204. The van der Waals surface area contributed by atoms with Crippen LogP contribution in [0.25, 0.3) is 11.0 Å². The number of rotatable bonds is 4. The van der Waals surface area contributed by atoms with Gasteiger partial charge in [0.1, 0.15) is 23.0 Å². The summed E-state index contributed by atoms with van der Waals surface area (Å²) >= 11 is 0. The van der Waals surface area contributed by atoms with E-state index in [-0.39, 0.29) is 17.7 Å². The molecule has 1 unspecified atom stereocenters. The molecule has 0 spiro atoms.